The van der Waals surface area contributed by atoms with Crippen molar-refractivity contribution in [1.82, 2.24) is 9.80 Å². The molecule has 2 atom stereocenters. The Bertz CT molecular complexity index is 1820. The maximum Gasteiger partial charge on any atom is 0.414 e. The van der Waals surface area contributed by atoms with Crippen LogP contribution in [0, 0.1) is 0 Å². The van der Waals surface area contributed by atoms with Crippen molar-refractivity contribution in [2.75, 3.05) is 39.3 Å². The molecule has 11 nitrogen and oxygen atoms in total. The maximum atomic E-state index is 11.7. The molecule has 2 aromatic carbocycles. The summed E-state index contributed by atoms with van der Waals surface area (Å²) in [4.78, 5) is 33.6. The molecular formula is C46H70CrN5O6+. The summed E-state index contributed by atoms with van der Waals surface area (Å²) in [7, 11) is 0. The fraction of sp³-hybridized carbons (Fsp3) is 0.630. The third-order valence-corrected chi connectivity index (χ3v) is 11.4. The number of aliphatic carboxylic acids is 2. The molecule has 2 aliphatic heterocycles. The molecule has 1 aliphatic carbocycles. The third kappa shape index (κ3) is 12.8. The van der Waals surface area contributed by atoms with Gasteiger partial charge in [-0.3, -0.25) is 24.4 Å². The molecular weight excluding hydrogens is 771 g/mol. The van der Waals surface area contributed by atoms with E-state index in [0.717, 1.165) is 100 Å². The van der Waals surface area contributed by atoms with E-state index in [2.05, 4.69) is 108 Å². The number of carboxylic acids is 2. The Morgan fingerprint density at radius 3 is 1.67 bits per heavy atom. The predicted octanol–water partition coefficient (Wildman–Crippen LogP) is 7.73. The summed E-state index contributed by atoms with van der Waals surface area (Å²) >= 11 is 0. The van der Waals surface area contributed by atoms with Gasteiger partial charge in [-0.2, -0.15) is 0 Å². The van der Waals surface area contributed by atoms with Gasteiger partial charge in [0.05, 0.1) is 51.4 Å². The summed E-state index contributed by atoms with van der Waals surface area (Å²) in [6.07, 6.45) is 12.2. The van der Waals surface area contributed by atoms with Gasteiger partial charge < -0.3 is 20.4 Å². The van der Waals surface area contributed by atoms with E-state index in [1.165, 1.54) is 29.9 Å². The topological polar surface area (TPSA) is 149 Å². The van der Waals surface area contributed by atoms with Gasteiger partial charge in [-0.1, -0.05) is 87.3 Å². The Labute approximate surface area is 358 Å². The molecule has 2 aromatic rings. The van der Waals surface area contributed by atoms with Crippen molar-refractivity contribution in [1.29, 1.82) is 0 Å². The first-order chi connectivity index (χ1) is 26.6. The number of carbonyl (C=O) groups is 2. The van der Waals surface area contributed by atoms with Crippen molar-refractivity contribution < 1.29 is 52.0 Å². The summed E-state index contributed by atoms with van der Waals surface area (Å²) in [6, 6.07) is 8.67. The number of nitrogens with zero attached hydrogens (tertiary/aromatic N) is 5. The van der Waals surface area contributed by atoms with Crippen molar-refractivity contribution in [2.45, 2.75) is 149 Å². The molecule has 0 aromatic heterocycles. The molecule has 0 spiro atoms. The number of phenolic OH excluding ortho intramolecular Hbond substituents is 2. The molecule has 3 aliphatic rings. The standard InChI is InChI=1S/C44H67N5O2.C2H2O4.Cr/c1-11-47-21-15-22-49-24-16-23-48(41(47)49)20-14-17-31-25-34(42(2,3)4)26-32(39(31)50)29-45-37-18-12-13-19-38(37)46-30-33-27-35(43(5,6)7)28-36(40(33)51)44(8,9)10;3-1(4)2(5)6;/h25-30,37-38H,11-24H2,1-10H3,(H-,45,46,50,51);(H,3,4)(H,5,6);/p+1. The average molecular weight is 841 g/mol. The molecule has 4 N–H and O–H groups in total. The molecule has 5 rings (SSSR count). The summed E-state index contributed by atoms with van der Waals surface area (Å²) in [5.74, 6) is -1.54. The van der Waals surface area contributed by atoms with E-state index in [1.807, 2.05) is 12.4 Å². The molecule has 2 unspecified atom stereocenters. The zero-order valence-corrected chi connectivity index (χ0v) is 38.0. The van der Waals surface area contributed by atoms with Crippen molar-refractivity contribution in [3.63, 3.8) is 0 Å². The van der Waals surface area contributed by atoms with Crippen LogP contribution in [0.25, 0.3) is 0 Å². The van der Waals surface area contributed by atoms with Gasteiger partial charge in [0.25, 0.3) is 0 Å². The normalized spacial score (nSPS) is 19.1. The number of hydrogen-bond acceptors (Lipinski definition) is 8. The molecule has 320 valence electrons. The summed E-state index contributed by atoms with van der Waals surface area (Å²) in [5, 5.41) is 37.8. The van der Waals surface area contributed by atoms with Gasteiger partial charge in [-0.05, 0) is 77.7 Å². The quantitative estimate of drug-likeness (QED) is 0.114. The second-order valence-electron chi connectivity index (χ2n) is 19.0. The number of aromatic hydroxyl groups is 2. The van der Waals surface area contributed by atoms with Gasteiger partial charge in [-0.15, -0.1) is 0 Å². The van der Waals surface area contributed by atoms with Crippen molar-refractivity contribution >= 4 is 30.3 Å². The van der Waals surface area contributed by atoms with Crippen LogP contribution < -0.4 is 0 Å². The Balaban J connectivity index is 0.00000119. The minimum Gasteiger partial charge on any atom is -0.507 e. The number of aliphatic imine (C=N–C) groups is 2. The second-order valence-corrected chi connectivity index (χ2v) is 19.0. The number of aryl methyl sites for hydroxylation is 1. The van der Waals surface area contributed by atoms with Crippen LogP contribution in [0.4, 0.5) is 0 Å². The molecule has 58 heavy (non-hydrogen) atoms. The van der Waals surface area contributed by atoms with Gasteiger partial charge in [0, 0.05) is 59.3 Å². The van der Waals surface area contributed by atoms with E-state index >= 15 is 0 Å². The Morgan fingerprint density at radius 1 is 0.724 bits per heavy atom. The van der Waals surface area contributed by atoms with Crippen LogP contribution in [-0.4, -0.2) is 116 Å². The van der Waals surface area contributed by atoms with Crippen LogP contribution in [0.2, 0.25) is 0 Å². The van der Waals surface area contributed by atoms with E-state index in [9.17, 15) is 10.2 Å². The third-order valence-electron chi connectivity index (χ3n) is 11.4. The first kappa shape index (κ1) is 48.5. The Hall–Kier alpha value is -3.88. The number of carboxylic acid groups (broad SMARTS) is 2. The van der Waals surface area contributed by atoms with Crippen LogP contribution in [-0.2, 0) is 49.6 Å². The fourth-order valence-electron chi connectivity index (χ4n) is 7.98. The summed E-state index contributed by atoms with van der Waals surface area (Å²) in [6.45, 7) is 28.7. The first-order valence-corrected chi connectivity index (χ1v) is 21.0. The smallest absolute Gasteiger partial charge is 0.414 e. The zero-order valence-electron chi connectivity index (χ0n) is 36.8. The molecule has 0 amide bonds. The summed E-state index contributed by atoms with van der Waals surface area (Å²) in [5.41, 5.74) is 5.69. The number of guanidine groups is 1. The van der Waals surface area contributed by atoms with Gasteiger partial charge in [0.1, 0.15) is 11.5 Å². The van der Waals surface area contributed by atoms with Gasteiger partial charge >= 0.3 is 17.9 Å². The zero-order chi connectivity index (χ0) is 42.3. The van der Waals surface area contributed by atoms with Crippen LogP contribution >= 0.6 is 0 Å². The molecule has 2 heterocycles. The molecule has 0 bridgehead atoms. The van der Waals surface area contributed by atoms with Gasteiger partial charge in [-0.25, -0.2) is 9.59 Å². The molecule has 0 saturated heterocycles. The summed E-state index contributed by atoms with van der Waals surface area (Å²) < 4.78 is 2.58. The largest absolute Gasteiger partial charge is 0.507 e. The maximum absolute atomic E-state index is 11.7. The monoisotopic (exact) mass is 840 g/mol. The van der Waals surface area contributed by atoms with E-state index in [4.69, 9.17) is 29.8 Å². The van der Waals surface area contributed by atoms with Crippen molar-refractivity contribution in [2.24, 2.45) is 9.98 Å². The number of benzene rings is 2. The molecule has 1 fully saturated rings. The van der Waals surface area contributed by atoms with Gasteiger partial charge in [0.2, 0.25) is 0 Å². The van der Waals surface area contributed by atoms with Crippen molar-refractivity contribution in [3.05, 3.63) is 57.6 Å². The van der Waals surface area contributed by atoms with E-state index in [1.54, 1.807) is 0 Å². The fourth-order valence-corrected chi connectivity index (χ4v) is 7.98. The second kappa shape index (κ2) is 20.4. The number of hydrogen-bond donors (Lipinski definition) is 4. The first-order valence-electron chi connectivity index (χ1n) is 21.0. The van der Waals surface area contributed by atoms with Crippen LogP contribution in [0.1, 0.15) is 148 Å². The van der Waals surface area contributed by atoms with Crippen LogP contribution in [0.5, 0.6) is 11.5 Å². The Kier molecular flexibility index (Phi) is 17.1. The van der Waals surface area contributed by atoms with Crippen LogP contribution in [0.15, 0.2) is 34.3 Å². The number of rotatable bonds is 9. The number of phenols is 2. The van der Waals surface area contributed by atoms with Crippen LogP contribution in [0.3, 0.4) is 0 Å². The SMILES string of the molecule is CCN1CCC[N+]2=C1N(CCCc1cc(C(C)(C)C)cc(C=NC3CCCCC3N=Cc3cc(C(C)(C)C)cc(C(C)(C)C)c3O)c1O)CCC2.O=C(O)C(=O)O.[Cr]. The Morgan fingerprint density at radius 2 is 1.21 bits per heavy atom. The van der Waals surface area contributed by atoms with E-state index in [-0.39, 0.29) is 45.7 Å². The molecule has 12 heteroatoms. The van der Waals surface area contributed by atoms with Gasteiger partial charge in [0.15, 0.2) is 0 Å². The van der Waals surface area contributed by atoms with Crippen molar-refractivity contribution in [3.8, 4) is 11.5 Å². The molecule has 1 saturated carbocycles. The minimum absolute atomic E-state index is 0. The predicted molar refractivity (Wildman–Crippen MR) is 230 cm³/mol. The molecule has 0 radical (unpaired) electrons. The van der Waals surface area contributed by atoms with E-state index < -0.39 is 11.9 Å². The minimum atomic E-state index is -1.82. The van der Waals surface area contributed by atoms with E-state index in [0.29, 0.717) is 11.5 Å². The average Bonchev–Trinajstić information content (AvgIpc) is 3.13.